The zero-order valence-corrected chi connectivity index (χ0v) is 7.42. The van der Waals surface area contributed by atoms with Gasteiger partial charge in [0.05, 0.1) is 13.2 Å². The van der Waals surface area contributed by atoms with Crippen molar-refractivity contribution in [1.82, 2.24) is 0 Å². The Balaban J connectivity index is 1.98. The summed E-state index contributed by atoms with van der Waals surface area (Å²) in [7, 11) is 0. The van der Waals surface area contributed by atoms with Crippen LogP contribution in [0.1, 0.15) is 32.1 Å². The van der Waals surface area contributed by atoms with Gasteiger partial charge in [-0.15, -0.1) is 0 Å². The standard InChI is InChI=1S/C10H16O2/c1-2-6-10(7-3-1)11-8-4-5-9-12-10/h4-5H,1-3,6-9H2. The summed E-state index contributed by atoms with van der Waals surface area (Å²) in [6.45, 7) is 1.44. The van der Waals surface area contributed by atoms with Crippen LogP contribution in [0.4, 0.5) is 0 Å². The average molecular weight is 168 g/mol. The van der Waals surface area contributed by atoms with Crippen molar-refractivity contribution in [2.75, 3.05) is 13.2 Å². The van der Waals surface area contributed by atoms with Crippen LogP contribution in [-0.2, 0) is 9.47 Å². The van der Waals surface area contributed by atoms with Crippen LogP contribution < -0.4 is 0 Å². The minimum Gasteiger partial charge on any atom is -0.346 e. The number of ether oxygens (including phenoxy) is 2. The predicted molar refractivity (Wildman–Crippen MR) is 46.9 cm³/mol. The van der Waals surface area contributed by atoms with Crippen LogP contribution in [0.5, 0.6) is 0 Å². The molecule has 0 atom stereocenters. The van der Waals surface area contributed by atoms with Crippen molar-refractivity contribution in [3.05, 3.63) is 12.2 Å². The van der Waals surface area contributed by atoms with Gasteiger partial charge in [0.2, 0.25) is 0 Å². The molecule has 2 rings (SSSR count). The van der Waals surface area contributed by atoms with Crippen LogP contribution in [0, 0.1) is 0 Å². The minimum atomic E-state index is -0.220. The van der Waals surface area contributed by atoms with E-state index in [4.69, 9.17) is 9.47 Å². The van der Waals surface area contributed by atoms with Crippen LogP contribution in [0.3, 0.4) is 0 Å². The summed E-state index contributed by atoms with van der Waals surface area (Å²) in [5.41, 5.74) is 0. The Morgan fingerprint density at radius 1 is 0.833 bits per heavy atom. The fourth-order valence-electron chi connectivity index (χ4n) is 1.96. The van der Waals surface area contributed by atoms with Crippen molar-refractivity contribution in [2.24, 2.45) is 0 Å². The van der Waals surface area contributed by atoms with Gasteiger partial charge in [-0.05, 0) is 12.8 Å². The molecule has 0 aromatic heterocycles. The molecule has 1 spiro atoms. The van der Waals surface area contributed by atoms with Crippen molar-refractivity contribution in [3.8, 4) is 0 Å². The topological polar surface area (TPSA) is 18.5 Å². The summed E-state index contributed by atoms with van der Waals surface area (Å²) in [6.07, 6.45) is 10.1. The first kappa shape index (κ1) is 8.27. The van der Waals surface area contributed by atoms with Gasteiger partial charge in [-0.1, -0.05) is 18.6 Å². The fourth-order valence-corrected chi connectivity index (χ4v) is 1.96. The Morgan fingerprint density at radius 2 is 1.42 bits per heavy atom. The molecule has 0 amide bonds. The van der Waals surface area contributed by atoms with E-state index in [9.17, 15) is 0 Å². The summed E-state index contributed by atoms with van der Waals surface area (Å²) in [6, 6.07) is 0. The smallest absolute Gasteiger partial charge is 0.169 e. The highest BCUT2D eigenvalue weighted by Gasteiger charge is 2.33. The molecule has 1 heterocycles. The number of hydrogen-bond donors (Lipinski definition) is 0. The lowest BCUT2D eigenvalue weighted by atomic mass is 9.94. The van der Waals surface area contributed by atoms with E-state index in [1.807, 2.05) is 12.2 Å². The lowest BCUT2D eigenvalue weighted by Crippen LogP contribution is -2.37. The highest BCUT2D eigenvalue weighted by atomic mass is 16.7. The Morgan fingerprint density at radius 3 is 2.00 bits per heavy atom. The largest absolute Gasteiger partial charge is 0.346 e. The second kappa shape index (κ2) is 3.58. The summed E-state index contributed by atoms with van der Waals surface area (Å²) in [4.78, 5) is 0. The molecule has 0 saturated heterocycles. The van der Waals surface area contributed by atoms with Gasteiger partial charge < -0.3 is 9.47 Å². The first-order chi connectivity index (χ1) is 5.91. The van der Waals surface area contributed by atoms with E-state index >= 15 is 0 Å². The molecule has 0 aromatic carbocycles. The minimum absolute atomic E-state index is 0.220. The van der Waals surface area contributed by atoms with E-state index in [1.165, 1.54) is 19.3 Å². The first-order valence-corrected chi connectivity index (χ1v) is 4.84. The average Bonchev–Trinajstić information content (AvgIpc) is 2.33. The normalized spacial score (nSPS) is 28.7. The van der Waals surface area contributed by atoms with Crippen molar-refractivity contribution < 1.29 is 9.47 Å². The molecule has 1 aliphatic heterocycles. The quantitative estimate of drug-likeness (QED) is 0.516. The van der Waals surface area contributed by atoms with Crippen LogP contribution in [-0.4, -0.2) is 19.0 Å². The second-order valence-corrected chi connectivity index (χ2v) is 3.56. The molecule has 0 aromatic rings. The third-order valence-electron chi connectivity index (χ3n) is 2.67. The Hall–Kier alpha value is -0.340. The van der Waals surface area contributed by atoms with Crippen molar-refractivity contribution >= 4 is 0 Å². The summed E-state index contributed by atoms with van der Waals surface area (Å²) < 4.78 is 11.4. The molecule has 68 valence electrons. The maximum Gasteiger partial charge on any atom is 0.169 e. The molecule has 2 heteroatoms. The lowest BCUT2D eigenvalue weighted by molar-refractivity contribution is -0.237. The van der Waals surface area contributed by atoms with Gasteiger partial charge in [-0.3, -0.25) is 0 Å². The third-order valence-corrected chi connectivity index (χ3v) is 2.67. The second-order valence-electron chi connectivity index (χ2n) is 3.56. The molecule has 1 aliphatic carbocycles. The summed E-state index contributed by atoms with van der Waals surface area (Å²) >= 11 is 0. The third kappa shape index (κ3) is 1.70. The van der Waals surface area contributed by atoms with Crippen LogP contribution in [0.15, 0.2) is 12.2 Å². The van der Waals surface area contributed by atoms with E-state index in [0.717, 1.165) is 26.1 Å². The highest BCUT2D eigenvalue weighted by Crippen LogP contribution is 2.33. The van der Waals surface area contributed by atoms with Gasteiger partial charge in [0.25, 0.3) is 0 Å². The molecule has 1 fully saturated rings. The van der Waals surface area contributed by atoms with E-state index in [1.54, 1.807) is 0 Å². The predicted octanol–water partition coefficient (Wildman–Crippen LogP) is 2.25. The van der Waals surface area contributed by atoms with E-state index in [0.29, 0.717) is 0 Å². The molecule has 0 radical (unpaired) electrons. The Labute approximate surface area is 73.5 Å². The molecular weight excluding hydrogens is 152 g/mol. The number of rotatable bonds is 0. The van der Waals surface area contributed by atoms with Crippen molar-refractivity contribution in [2.45, 2.75) is 37.9 Å². The van der Waals surface area contributed by atoms with E-state index in [2.05, 4.69) is 0 Å². The van der Waals surface area contributed by atoms with Gasteiger partial charge in [0, 0.05) is 12.8 Å². The maximum atomic E-state index is 5.72. The van der Waals surface area contributed by atoms with Gasteiger partial charge >= 0.3 is 0 Å². The molecule has 0 unspecified atom stereocenters. The summed E-state index contributed by atoms with van der Waals surface area (Å²) in [5, 5.41) is 0. The fraction of sp³-hybridized carbons (Fsp3) is 0.800. The van der Waals surface area contributed by atoms with E-state index < -0.39 is 0 Å². The zero-order valence-electron chi connectivity index (χ0n) is 7.42. The SMILES string of the molecule is C1=CCOC2(CCCCC2)OC1. The van der Waals surface area contributed by atoms with Crippen molar-refractivity contribution in [1.29, 1.82) is 0 Å². The van der Waals surface area contributed by atoms with Crippen molar-refractivity contribution in [3.63, 3.8) is 0 Å². The molecule has 12 heavy (non-hydrogen) atoms. The molecule has 2 nitrogen and oxygen atoms in total. The van der Waals surface area contributed by atoms with Gasteiger partial charge in [-0.2, -0.15) is 0 Å². The Kier molecular flexibility index (Phi) is 2.47. The zero-order chi connectivity index (χ0) is 8.28. The van der Waals surface area contributed by atoms with Gasteiger partial charge in [0.15, 0.2) is 5.79 Å². The first-order valence-electron chi connectivity index (χ1n) is 4.84. The van der Waals surface area contributed by atoms with Crippen LogP contribution in [0.25, 0.3) is 0 Å². The van der Waals surface area contributed by atoms with Crippen LogP contribution >= 0.6 is 0 Å². The monoisotopic (exact) mass is 168 g/mol. The number of hydrogen-bond acceptors (Lipinski definition) is 2. The van der Waals surface area contributed by atoms with Crippen LogP contribution in [0.2, 0.25) is 0 Å². The lowest BCUT2D eigenvalue weighted by Gasteiger charge is -2.35. The molecule has 0 N–H and O–H groups in total. The maximum absolute atomic E-state index is 5.72. The summed E-state index contributed by atoms with van der Waals surface area (Å²) in [5.74, 6) is -0.220. The van der Waals surface area contributed by atoms with Gasteiger partial charge in [0.1, 0.15) is 0 Å². The van der Waals surface area contributed by atoms with E-state index in [-0.39, 0.29) is 5.79 Å². The Bertz CT molecular complexity index is 157. The molecule has 2 aliphatic rings. The molecular formula is C10H16O2. The van der Waals surface area contributed by atoms with Gasteiger partial charge in [-0.25, -0.2) is 0 Å². The molecule has 0 bridgehead atoms. The highest BCUT2D eigenvalue weighted by molar-refractivity contribution is 4.88. The molecule has 1 saturated carbocycles.